The molecule has 0 aliphatic carbocycles. The Hall–Kier alpha value is -3.45. The van der Waals surface area contributed by atoms with Crippen molar-refractivity contribution in [3.63, 3.8) is 0 Å². The standard InChI is InChI=1S/C26H31N5O2/c32-25(11-15-31-16-12-27-20-31)29-24-6-4-5-23(17-24)26(33)28-18-21-7-9-22(10-8-21)19-30-13-2-1-3-14-30/h4-10,12,16-17,20H,1-3,11,13-15,18-19H2,(H,28,33)(H,29,32). The minimum Gasteiger partial charge on any atom is -0.348 e. The Morgan fingerprint density at radius 2 is 1.76 bits per heavy atom. The number of hydrogen-bond acceptors (Lipinski definition) is 4. The smallest absolute Gasteiger partial charge is 0.251 e. The fourth-order valence-corrected chi connectivity index (χ4v) is 4.03. The van der Waals surface area contributed by atoms with Gasteiger partial charge in [-0.05, 0) is 55.3 Å². The van der Waals surface area contributed by atoms with Gasteiger partial charge in [-0.3, -0.25) is 14.5 Å². The first-order chi connectivity index (χ1) is 16.2. The first kappa shape index (κ1) is 22.7. The molecule has 1 aliphatic rings. The van der Waals surface area contributed by atoms with Crippen LogP contribution in [0, 0.1) is 0 Å². The average molecular weight is 446 g/mol. The van der Waals surface area contributed by atoms with Gasteiger partial charge in [0.05, 0.1) is 6.33 Å². The lowest BCUT2D eigenvalue weighted by Crippen LogP contribution is -2.29. The lowest BCUT2D eigenvalue weighted by molar-refractivity contribution is -0.116. The third-order valence-corrected chi connectivity index (χ3v) is 5.90. The van der Waals surface area contributed by atoms with Crippen LogP contribution in [-0.2, 0) is 24.4 Å². The van der Waals surface area contributed by atoms with Gasteiger partial charge in [-0.2, -0.15) is 0 Å². The zero-order valence-corrected chi connectivity index (χ0v) is 18.9. The van der Waals surface area contributed by atoms with Gasteiger partial charge in [-0.25, -0.2) is 4.98 Å². The monoisotopic (exact) mass is 445 g/mol. The normalized spacial score (nSPS) is 14.1. The van der Waals surface area contributed by atoms with Gasteiger partial charge in [-0.1, -0.05) is 36.8 Å². The Kier molecular flexibility index (Phi) is 7.87. The molecular weight excluding hydrogens is 414 g/mol. The third-order valence-electron chi connectivity index (χ3n) is 5.90. The van der Waals surface area contributed by atoms with Gasteiger partial charge in [0.25, 0.3) is 5.91 Å². The van der Waals surface area contributed by atoms with Crippen molar-refractivity contribution < 1.29 is 9.59 Å². The molecule has 0 atom stereocenters. The molecule has 0 saturated carbocycles. The highest BCUT2D eigenvalue weighted by atomic mass is 16.2. The van der Waals surface area contributed by atoms with Crippen LogP contribution in [0.3, 0.4) is 0 Å². The van der Waals surface area contributed by atoms with Gasteiger partial charge in [0.1, 0.15) is 0 Å². The van der Waals surface area contributed by atoms with Crippen LogP contribution in [-0.4, -0.2) is 39.4 Å². The third kappa shape index (κ3) is 7.02. The number of amides is 2. The van der Waals surface area contributed by atoms with Crippen molar-refractivity contribution in [2.75, 3.05) is 18.4 Å². The van der Waals surface area contributed by atoms with Crippen molar-refractivity contribution in [2.45, 2.75) is 45.3 Å². The minimum absolute atomic E-state index is 0.106. The Balaban J connectivity index is 1.24. The number of anilines is 1. The van der Waals surface area contributed by atoms with E-state index in [1.165, 1.54) is 37.9 Å². The van der Waals surface area contributed by atoms with E-state index in [9.17, 15) is 9.59 Å². The summed E-state index contributed by atoms with van der Waals surface area (Å²) in [6.45, 7) is 4.38. The Morgan fingerprint density at radius 1 is 0.970 bits per heavy atom. The summed E-state index contributed by atoms with van der Waals surface area (Å²) in [5, 5.41) is 5.82. The second-order valence-electron chi connectivity index (χ2n) is 8.52. The van der Waals surface area contributed by atoms with Crippen LogP contribution in [0.15, 0.2) is 67.3 Å². The van der Waals surface area contributed by atoms with Crippen LogP contribution >= 0.6 is 0 Å². The maximum absolute atomic E-state index is 12.6. The van der Waals surface area contributed by atoms with Crippen molar-refractivity contribution in [1.29, 1.82) is 0 Å². The molecule has 7 heteroatoms. The number of carbonyl (C=O) groups excluding carboxylic acids is 2. The van der Waals surface area contributed by atoms with E-state index in [1.807, 2.05) is 10.8 Å². The minimum atomic E-state index is -0.165. The van der Waals surface area contributed by atoms with Crippen LogP contribution in [0.5, 0.6) is 0 Å². The number of nitrogens with one attached hydrogen (secondary N) is 2. The average Bonchev–Trinajstić information content (AvgIpc) is 3.37. The van der Waals surface area contributed by atoms with E-state index >= 15 is 0 Å². The highest BCUT2D eigenvalue weighted by Crippen LogP contribution is 2.14. The summed E-state index contributed by atoms with van der Waals surface area (Å²) < 4.78 is 1.85. The lowest BCUT2D eigenvalue weighted by Gasteiger charge is -2.26. The van der Waals surface area contributed by atoms with Gasteiger partial charge < -0.3 is 15.2 Å². The summed E-state index contributed by atoms with van der Waals surface area (Å²) >= 11 is 0. The van der Waals surface area contributed by atoms with E-state index in [0.29, 0.717) is 30.8 Å². The highest BCUT2D eigenvalue weighted by Gasteiger charge is 2.11. The zero-order valence-electron chi connectivity index (χ0n) is 18.9. The van der Waals surface area contributed by atoms with Crippen molar-refractivity contribution in [1.82, 2.24) is 19.8 Å². The number of imidazole rings is 1. The largest absolute Gasteiger partial charge is 0.348 e. The molecule has 2 heterocycles. The topological polar surface area (TPSA) is 79.3 Å². The van der Waals surface area contributed by atoms with Gasteiger partial charge >= 0.3 is 0 Å². The second-order valence-corrected chi connectivity index (χ2v) is 8.52. The highest BCUT2D eigenvalue weighted by molar-refractivity contribution is 5.97. The number of nitrogens with zero attached hydrogens (tertiary/aromatic N) is 3. The number of aromatic nitrogens is 2. The number of hydrogen-bond donors (Lipinski definition) is 2. The molecule has 1 fully saturated rings. The number of rotatable bonds is 9. The van der Waals surface area contributed by atoms with Crippen molar-refractivity contribution >= 4 is 17.5 Å². The fraction of sp³-hybridized carbons (Fsp3) is 0.346. The number of likely N-dealkylation sites (tertiary alicyclic amines) is 1. The van der Waals surface area contributed by atoms with Crippen molar-refractivity contribution in [3.05, 3.63) is 83.9 Å². The molecule has 7 nitrogen and oxygen atoms in total. The lowest BCUT2D eigenvalue weighted by atomic mass is 10.1. The molecule has 0 spiro atoms. The molecule has 1 saturated heterocycles. The van der Waals surface area contributed by atoms with E-state index in [-0.39, 0.29) is 11.8 Å². The van der Waals surface area contributed by atoms with E-state index in [1.54, 1.807) is 36.8 Å². The molecule has 33 heavy (non-hydrogen) atoms. The quantitative estimate of drug-likeness (QED) is 0.525. The van der Waals surface area contributed by atoms with Gasteiger partial charge in [0.2, 0.25) is 5.91 Å². The van der Waals surface area contributed by atoms with Crippen LogP contribution in [0.1, 0.15) is 47.2 Å². The number of carbonyl (C=O) groups is 2. The molecule has 172 valence electrons. The molecule has 2 aromatic carbocycles. The van der Waals surface area contributed by atoms with Gasteiger partial charge in [-0.15, -0.1) is 0 Å². The summed E-state index contributed by atoms with van der Waals surface area (Å²) in [5.41, 5.74) is 3.50. The Morgan fingerprint density at radius 3 is 2.52 bits per heavy atom. The van der Waals surface area contributed by atoms with E-state index in [4.69, 9.17) is 0 Å². The van der Waals surface area contributed by atoms with Crippen LogP contribution < -0.4 is 10.6 Å². The molecule has 3 aromatic rings. The van der Waals surface area contributed by atoms with Crippen LogP contribution in [0.25, 0.3) is 0 Å². The molecule has 2 N–H and O–H groups in total. The van der Waals surface area contributed by atoms with E-state index in [2.05, 4.69) is 44.8 Å². The molecule has 4 rings (SSSR count). The van der Waals surface area contributed by atoms with Gasteiger partial charge in [0, 0.05) is 49.7 Å². The van der Waals surface area contributed by atoms with E-state index < -0.39 is 0 Å². The van der Waals surface area contributed by atoms with Gasteiger partial charge in [0.15, 0.2) is 0 Å². The predicted molar refractivity (Wildman–Crippen MR) is 129 cm³/mol. The fourth-order valence-electron chi connectivity index (χ4n) is 4.03. The summed E-state index contributed by atoms with van der Waals surface area (Å²) in [6.07, 6.45) is 9.45. The number of aryl methyl sites for hydroxylation is 1. The molecule has 0 bridgehead atoms. The predicted octanol–water partition coefficient (Wildman–Crippen LogP) is 3.83. The summed E-state index contributed by atoms with van der Waals surface area (Å²) in [4.78, 5) is 31.3. The second kappa shape index (κ2) is 11.4. The van der Waals surface area contributed by atoms with E-state index in [0.717, 1.165) is 12.1 Å². The molecule has 0 unspecified atom stereocenters. The molecule has 2 amide bonds. The number of benzene rings is 2. The Labute approximate surface area is 194 Å². The molecule has 0 radical (unpaired) electrons. The van der Waals surface area contributed by atoms with Crippen molar-refractivity contribution in [3.8, 4) is 0 Å². The summed E-state index contributed by atoms with van der Waals surface area (Å²) in [7, 11) is 0. The maximum Gasteiger partial charge on any atom is 0.251 e. The van der Waals surface area contributed by atoms with Crippen LogP contribution in [0.4, 0.5) is 5.69 Å². The molecule has 1 aliphatic heterocycles. The zero-order chi connectivity index (χ0) is 22.9. The number of piperidine rings is 1. The first-order valence-electron chi connectivity index (χ1n) is 11.6. The Bertz CT molecular complexity index is 1040. The first-order valence-corrected chi connectivity index (χ1v) is 11.6. The molecule has 1 aromatic heterocycles. The molecular formula is C26H31N5O2. The van der Waals surface area contributed by atoms with Crippen molar-refractivity contribution in [2.24, 2.45) is 0 Å². The SMILES string of the molecule is O=C(CCn1ccnc1)Nc1cccc(C(=O)NCc2ccc(CN3CCCCC3)cc2)c1. The maximum atomic E-state index is 12.6. The summed E-state index contributed by atoms with van der Waals surface area (Å²) in [5.74, 6) is -0.271. The summed E-state index contributed by atoms with van der Waals surface area (Å²) in [6, 6.07) is 15.5. The van der Waals surface area contributed by atoms with Crippen LogP contribution in [0.2, 0.25) is 0 Å².